The number of nitrogens with one attached hydrogen (secondary N) is 5. The molecule has 0 aliphatic carbocycles. The van der Waals surface area contributed by atoms with Crippen molar-refractivity contribution < 1.29 is 61.9 Å². The Morgan fingerprint density at radius 1 is 0.921 bits per heavy atom. The monoisotopic (exact) mass is 908 g/mol. The number of primary amides is 1. The number of aromatic amines is 1. The number of aliphatic hydroxyl groups is 1. The summed E-state index contributed by atoms with van der Waals surface area (Å²) < 4.78 is 33.3. The molecule has 9 N–H and O–H groups in total. The number of amides is 6. The number of phosphoric ester groups is 1. The Morgan fingerprint density at radius 2 is 1.62 bits per heavy atom. The van der Waals surface area contributed by atoms with E-state index in [0.29, 0.717) is 51.1 Å². The molecular formula is C41H65N8O13P. The largest absolute Gasteiger partial charge is 0.472 e. The van der Waals surface area contributed by atoms with Crippen LogP contribution in [-0.2, 0) is 64.7 Å². The summed E-state index contributed by atoms with van der Waals surface area (Å²) in [5.41, 5.74) is 7.09. The first-order valence-electron chi connectivity index (χ1n) is 21.2. The number of carbonyl (C=O) groups is 6. The second-order valence-corrected chi connectivity index (χ2v) is 17.1. The van der Waals surface area contributed by atoms with E-state index in [9.17, 15) is 43.3 Å². The maximum Gasteiger partial charge on any atom is 0.472 e. The van der Waals surface area contributed by atoms with E-state index in [4.69, 9.17) is 24.3 Å². The highest BCUT2D eigenvalue weighted by Crippen LogP contribution is 2.45. The second-order valence-electron chi connectivity index (χ2n) is 15.7. The van der Waals surface area contributed by atoms with Gasteiger partial charge in [0.15, 0.2) is 0 Å². The lowest BCUT2D eigenvalue weighted by atomic mass is 10.0. The fourth-order valence-electron chi connectivity index (χ4n) is 6.83. The van der Waals surface area contributed by atoms with Crippen molar-refractivity contribution in [1.82, 2.24) is 36.1 Å². The second kappa shape index (κ2) is 27.4. The van der Waals surface area contributed by atoms with Crippen LogP contribution in [0.25, 0.3) is 0 Å². The summed E-state index contributed by atoms with van der Waals surface area (Å²) in [7, 11) is -3.19. The number of rotatable bonds is 30. The van der Waals surface area contributed by atoms with E-state index in [-0.39, 0.29) is 44.3 Å². The zero-order chi connectivity index (χ0) is 46.4. The number of H-pyrrole nitrogens is 1. The predicted octanol–water partition coefficient (Wildman–Crippen LogP) is 0.394. The van der Waals surface area contributed by atoms with Crippen LogP contribution >= 0.6 is 7.82 Å². The number of ether oxygens (including phenoxy) is 2. The molecule has 1 saturated heterocycles. The van der Waals surface area contributed by atoms with Gasteiger partial charge in [0.05, 0.1) is 51.9 Å². The number of aliphatic hydroxyl groups excluding tert-OH is 1. The van der Waals surface area contributed by atoms with Crippen LogP contribution in [0.1, 0.15) is 77.0 Å². The number of nitrogens with zero attached hydrogens (tertiary/aromatic N) is 2. The molecule has 352 valence electrons. The van der Waals surface area contributed by atoms with Crippen LogP contribution in [0, 0.1) is 5.92 Å². The Morgan fingerprint density at radius 3 is 2.27 bits per heavy atom. The maximum atomic E-state index is 13.9. The number of hydrogen-bond acceptors (Lipinski definition) is 13. The standard InChI is InChI=1S/C41H65N8O13P/c1-27(2)22-31(46-41(56)34-15-11-17-49(34)35(51)16-19-60-21-20-59-4)38(53)45-32(23-30-24-43-26-44-30)39(54)47-33(25-50)40(55)48-36(37(42)52)28(3)62-63(57,58)61-18-10-6-9-14-29-12-7-5-8-13-29/h5,7-8,12-13,24,26-28,31-34,36,50H,6,9-11,14-23,25H2,1-4H3,(H2,42,52)(H,43,44)(H,45,53)(H,46,56)(H,47,54)(H,48,55)(H,57,58)/t28-,31+,32+,33+,34+,36+/m1/s1. The van der Waals surface area contributed by atoms with Crippen molar-refractivity contribution in [3.63, 3.8) is 0 Å². The minimum atomic E-state index is -4.73. The van der Waals surface area contributed by atoms with Gasteiger partial charge in [-0.1, -0.05) is 50.6 Å². The minimum absolute atomic E-state index is 0.0623. The Hall–Kier alpha value is -4.76. The van der Waals surface area contributed by atoms with Crippen LogP contribution in [0.15, 0.2) is 42.9 Å². The van der Waals surface area contributed by atoms with Gasteiger partial charge in [-0.2, -0.15) is 0 Å². The van der Waals surface area contributed by atoms with E-state index in [2.05, 4.69) is 31.2 Å². The first-order chi connectivity index (χ1) is 30.0. The van der Waals surface area contributed by atoms with E-state index in [0.717, 1.165) is 12.8 Å². The number of benzene rings is 1. The van der Waals surface area contributed by atoms with E-state index in [1.54, 1.807) is 0 Å². The van der Waals surface area contributed by atoms with Gasteiger partial charge in [0, 0.05) is 32.0 Å². The molecule has 1 fully saturated rings. The molecule has 22 heteroatoms. The van der Waals surface area contributed by atoms with Crippen molar-refractivity contribution in [3.05, 3.63) is 54.1 Å². The van der Waals surface area contributed by atoms with Crippen molar-refractivity contribution in [1.29, 1.82) is 0 Å². The Balaban J connectivity index is 1.63. The minimum Gasteiger partial charge on any atom is -0.394 e. The molecule has 7 atom stereocenters. The van der Waals surface area contributed by atoms with Crippen LogP contribution in [0.4, 0.5) is 0 Å². The van der Waals surface area contributed by atoms with Crippen molar-refractivity contribution in [2.24, 2.45) is 11.7 Å². The molecule has 1 aromatic heterocycles. The van der Waals surface area contributed by atoms with Gasteiger partial charge in [0.2, 0.25) is 35.4 Å². The molecule has 1 aliphatic rings. The molecule has 0 spiro atoms. The lowest BCUT2D eigenvalue weighted by Gasteiger charge is -2.29. The Labute approximate surface area is 367 Å². The predicted molar refractivity (Wildman–Crippen MR) is 228 cm³/mol. The van der Waals surface area contributed by atoms with Gasteiger partial charge in [-0.05, 0) is 56.9 Å². The molecule has 3 rings (SSSR count). The lowest BCUT2D eigenvalue weighted by molar-refractivity contribution is -0.140. The van der Waals surface area contributed by atoms with Crippen molar-refractivity contribution >= 4 is 43.3 Å². The summed E-state index contributed by atoms with van der Waals surface area (Å²) in [5, 5.41) is 20.2. The zero-order valence-corrected chi connectivity index (χ0v) is 37.4. The normalized spacial score (nSPS) is 17.2. The number of nitrogens with two attached hydrogens (primary N) is 1. The summed E-state index contributed by atoms with van der Waals surface area (Å²) in [4.78, 5) is 98.7. The Bertz CT molecular complexity index is 1790. The van der Waals surface area contributed by atoms with Gasteiger partial charge in [-0.3, -0.25) is 37.8 Å². The molecular weight excluding hydrogens is 843 g/mol. The van der Waals surface area contributed by atoms with E-state index >= 15 is 0 Å². The third kappa shape index (κ3) is 18.9. The highest BCUT2D eigenvalue weighted by Gasteiger charge is 2.38. The van der Waals surface area contributed by atoms with Crippen LogP contribution in [0.2, 0.25) is 0 Å². The number of unbranched alkanes of at least 4 members (excludes halogenated alkanes) is 2. The number of aryl methyl sites for hydroxylation is 1. The Kier molecular flexibility index (Phi) is 22.9. The molecule has 1 unspecified atom stereocenters. The van der Waals surface area contributed by atoms with Gasteiger partial charge in [-0.15, -0.1) is 0 Å². The van der Waals surface area contributed by atoms with Gasteiger partial charge >= 0.3 is 7.82 Å². The van der Waals surface area contributed by atoms with Crippen molar-refractivity contribution in [2.75, 3.05) is 46.7 Å². The van der Waals surface area contributed by atoms with E-state index in [1.165, 1.54) is 37.0 Å². The summed E-state index contributed by atoms with van der Waals surface area (Å²) in [5.74, 6) is -4.82. The molecule has 0 radical (unpaired) electrons. The number of carbonyl (C=O) groups excluding carboxylic acids is 6. The van der Waals surface area contributed by atoms with E-state index < -0.39 is 80.3 Å². The topological polar surface area (TPSA) is 303 Å². The number of likely N-dealkylation sites (tertiary alicyclic amines) is 1. The first-order valence-corrected chi connectivity index (χ1v) is 22.7. The van der Waals surface area contributed by atoms with E-state index in [1.807, 2.05) is 44.2 Å². The molecule has 0 bridgehead atoms. The van der Waals surface area contributed by atoms with Crippen LogP contribution in [-0.4, -0.2) is 143 Å². The fraction of sp³-hybridized carbons (Fsp3) is 0.634. The molecule has 1 aliphatic heterocycles. The average Bonchev–Trinajstić information content (AvgIpc) is 3.95. The molecule has 63 heavy (non-hydrogen) atoms. The smallest absolute Gasteiger partial charge is 0.394 e. The molecule has 1 aromatic carbocycles. The zero-order valence-electron chi connectivity index (χ0n) is 36.5. The highest BCUT2D eigenvalue weighted by molar-refractivity contribution is 7.47. The van der Waals surface area contributed by atoms with Crippen LogP contribution in [0.3, 0.4) is 0 Å². The molecule has 0 saturated carbocycles. The van der Waals surface area contributed by atoms with Crippen molar-refractivity contribution in [2.45, 2.75) is 115 Å². The average molecular weight is 909 g/mol. The SMILES string of the molecule is COCCOCCC(=O)N1CCC[C@H]1C(=O)N[C@@H](CC(C)C)C(=O)N[C@@H](Cc1cnc[nH]1)C(=O)N[C@@H](CO)C(=O)N[C@H](C(N)=O)[C@@H](C)OP(=O)(O)OCCCCCc1ccccc1. The quantitative estimate of drug-likeness (QED) is 0.0389. The molecule has 2 aromatic rings. The first kappa shape index (κ1) is 52.6. The van der Waals surface area contributed by atoms with Gasteiger partial charge in [-0.25, -0.2) is 9.55 Å². The fourth-order valence-corrected chi connectivity index (χ4v) is 7.79. The molecule has 2 heterocycles. The number of imidazole rings is 1. The summed E-state index contributed by atoms with van der Waals surface area (Å²) >= 11 is 0. The van der Waals surface area contributed by atoms with Gasteiger partial charge < -0.3 is 56.4 Å². The van der Waals surface area contributed by atoms with Gasteiger partial charge in [0.25, 0.3) is 0 Å². The number of hydrogen-bond donors (Lipinski definition) is 8. The third-order valence-corrected chi connectivity index (χ3v) is 11.2. The molecule has 21 nitrogen and oxygen atoms in total. The summed E-state index contributed by atoms with van der Waals surface area (Å²) in [6.07, 6.45) is 5.12. The molecule has 6 amide bonds. The summed E-state index contributed by atoms with van der Waals surface area (Å²) in [6.45, 7) is 5.01. The number of phosphoric acid groups is 1. The number of methoxy groups -OCH3 is 1. The highest BCUT2D eigenvalue weighted by atomic mass is 31.2. The van der Waals surface area contributed by atoms with Crippen LogP contribution in [0.5, 0.6) is 0 Å². The van der Waals surface area contributed by atoms with Crippen LogP contribution < -0.4 is 27.0 Å². The number of aromatic nitrogens is 2. The maximum absolute atomic E-state index is 13.9. The third-order valence-electron chi connectivity index (χ3n) is 10.1. The summed E-state index contributed by atoms with van der Waals surface area (Å²) in [6, 6.07) is 3.08. The lowest BCUT2D eigenvalue weighted by Crippen LogP contribution is -2.61. The van der Waals surface area contributed by atoms with Gasteiger partial charge in [0.1, 0.15) is 30.2 Å². The van der Waals surface area contributed by atoms with Crippen molar-refractivity contribution in [3.8, 4) is 0 Å².